The molecule has 0 saturated heterocycles. The predicted octanol–water partition coefficient (Wildman–Crippen LogP) is 2.10. The number of carbonyl (C=O) groups excluding carboxylic acids is 1. The smallest absolute Gasteiger partial charge is 0.238 e. The Kier molecular flexibility index (Phi) is 4.84. The van der Waals surface area contributed by atoms with Gasteiger partial charge in [-0.3, -0.25) is 10.1 Å². The summed E-state index contributed by atoms with van der Waals surface area (Å²) >= 11 is 0. The number of benzene rings is 1. The highest BCUT2D eigenvalue weighted by molar-refractivity contribution is 5.92. The molecule has 0 aliphatic carbocycles. The first-order chi connectivity index (χ1) is 9.67. The van der Waals surface area contributed by atoms with Gasteiger partial charge in [0, 0.05) is 12.1 Å². The second kappa shape index (κ2) is 6.81. The van der Waals surface area contributed by atoms with Crippen molar-refractivity contribution in [2.75, 3.05) is 11.9 Å². The molecule has 0 bridgehead atoms. The number of hydrogen-bond acceptors (Lipinski definition) is 4. The van der Waals surface area contributed by atoms with Gasteiger partial charge in [-0.25, -0.2) is 9.37 Å². The van der Waals surface area contributed by atoms with Gasteiger partial charge >= 0.3 is 0 Å². The van der Waals surface area contributed by atoms with Gasteiger partial charge in [-0.2, -0.15) is 0 Å². The minimum Gasteiger partial charge on any atom is -0.444 e. The zero-order valence-corrected chi connectivity index (χ0v) is 11.1. The molecular formula is C14H16FN3O2. The molecular weight excluding hydrogens is 261 g/mol. The molecule has 1 aromatic carbocycles. The molecule has 1 aromatic heterocycles. The van der Waals surface area contributed by atoms with Crippen LogP contribution in [-0.4, -0.2) is 17.4 Å². The van der Waals surface area contributed by atoms with E-state index in [9.17, 15) is 9.18 Å². The van der Waals surface area contributed by atoms with Crippen molar-refractivity contribution in [1.29, 1.82) is 0 Å². The quantitative estimate of drug-likeness (QED) is 0.848. The Labute approximate surface area is 116 Å². The first-order valence-corrected chi connectivity index (χ1v) is 6.37. The van der Waals surface area contributed by atoms with Crippen LogP contribution in [0.4, 0.5) is 10.1 Å². The van der Waals surface area contributed by atoms with Gasteiger partial charge in [-0.05, 0) is 24.3 Å². The Morgan fingerprint density at radius 1 is 1.35 bits per heavy atom. The van der Waals surface area contributed by atoms with Crippen molar-refractivity contribution in [3.05, 3.63) is 47.9 Å². The molecule has 0 atom stereocenters. The van der Waals surface area contributed by atoms with E-state index < -0.39 is 0 Å². The number of carbonyl (C=O) groups is 1. The first kappa shape index (κ1) is 14.2. The van der Waals surface area contributed by atoms with Gasteiger partial charge in [0.25, 0.3) is 0 Å². The van der Waals surface area contributed by atoms with Crippen molar-refractivity contribution in [1.82, 2.24) is 10.3 Å². The fourth-order valence-corrected chi connectivity index (χ4v) is 1.61. The molecule has 0 aliphatic heterocycles. The molecule has 1 amide bonds. The number of halogens is 1. The maximum atomic E-state index is 12.7. The second-order valence-electron chi connectivity index (χ2n) is 4.23. The van der Waals surface area contributed by atoms with Crippen LogP contribution in [0.1, 0.15) is 18.6 Å². The number of oxazole rings is 1. The van der Waals surface area contributed by atoms with E-state index >= 15 is 0 Å². The Morgan fingerprint density at radius 2 is 2.10 bits per heavy atom. The monoisotopic (exact) mass is 277 g/mol. The van der Waals surface area contributed by atoms with Gasteiger partial charge in [0.05, 0.1) is 19.3 Å². The number of anilines is 1. The zero-order valence-electron chi connectivity index (χ0n) is 11.1. The van der Waals surface area contributed by atoms with Gasteiger partial charge in [0.2, 0.25) is 11.8 Å². The van der Waals surface area contributed by atoms with Crippen LogP contribution in [0.5, 0.6) is 0 Å². The van der Waals surface area contributed by atoms with Crippen LogP contribution in [0.3, 0.4) is 0 Å². The van der Waals surface area contributed by atoms with Gasteiger partial charge < -0.3 is 9.73 Å². The molecule has 2 aromatic rings. The summed E-state index contributed by atoms with van der Waals surface area (Å²) in [6.45, 7) is 2.49. The molecule has 0 unspecified atom stereocenters. The number of rotatable bonds is 6. The maximum absolute atomic E-state index is 12.7. The van der Waals surface area contributed by atoms with E-state index in [1.807, 2.05) is 6.92 Å². The van der Waals surface area contributed by atoms with E-state index in [0.717, 1.165) is 12.2 Å². The third-order valence-corrected chi connectivity index (χ3v) is 2.64. The molecule has 1 heterocycles. The minimum atomic E-state index is -0.336. The molecule has 2 rings (SSSR count). The van der Waals surface area contributed by atoms with E-state index in [1.54, 1.807) is 6.20 Å². The Hall–Kier alpha value is -2.21. The van der Waals surface area contributed by atoms with Crippen LogP contribution in [-0.2, 0) is 17.8 Å². The highest BCUT2D eigenvalue weighted by Gasteiger charge is 2.05. The Bertz CT molecular complexity index is 566. The van der Waals surface area contributed by atoms with Crippen LogP contribution in [0.2, 0.25) is 0 Å². The van der Waals surface area contributed by atoms with Crippen LogP contribution in [0.25, 0.3) is 0 Å². The number of hydrogen-bond donors (Lipinski definition) is 2. The summed E-state index contributed by atoms with van der Waals surface area (Å²) in [6, 6.07) is 5.61. The summed E-state index contributed by atoms with van der Waals surface area (Å²) in [5, 5.41) is 5.58. The molecule has 6 heteroatoms. The molecule has 0 saturated carbocycles. The van der Waals surface area contributed by atoms with E-state index in [2.05, 4.69) is 15.6 Å². The molecule has 5 nitrogen and oxygen atoms in total. The van der Waals surface area contributed by atoms with Crippen LogP contribution in [0, 0.1) is 5.82 Å². The van der Waals surface area contributed by atoms with Crippen molar-refractivity contribution >= 4 is 11.6 Å². The Balaban J connectivity index is 1.73. The Morgan fingerprint density at radius 3 is 2.75 bits per heavy atom. The number of amides is 1. The summed E-state index contributed by atoms with van der Waals surface area (Å²) in [4.78, 5) is 15.7. The first-order valence-electron chi connectivity index (χ1n) is 6.37. The topological polar surface area (TPSA) is 67.2 Å². The summed E-state index contributed by atoms with van der Waals surface area (Å²) < 4.78 is 18.1. The maximum Gasteiger partial charge on any atom is 0.238 e. The molecule has 0 aliphatic rings. The van der Waals surface area contributed by atoms with Gasteiger partial charge in [-0.15, -0.1) is 0 Å². The number of aryl methyl sites for hydroxylation is 1. The summed E-state index contributed by atoms with van der Waals surface area (Å²) in [6.07, 6.45) is 2.47. The molecule has 0 radical (unpaired) electrons. The zero-order chi connectivity index (χ0) is 14.4. The van der Waals surface area contributed by atoms with Crippen molar-refractivity contribution in [2.24, 2.45) is 0 Å². The van der Waals surface area contributed by atoms with E-state index in [1.165, 1.54) is 24.3 Å². The van der Waals surface area contributed by atoms with E-state index in [0.29, 0.717) is 18.1 Å². The second-order valence-corrected chi connectivity index (χ2v) is 4.23. The largest absolute Gasteiger partial charge is 0.444 e. The van der Waals surface area contributed by atoms with E-state index in [4.69, 9.17) is 4.42 Å². The average Bonchev–Trinajstić information content (AvgIpc) is 2.89. The lowest BCUT2D eigenvalue weighted by molar-refractivity contribution is -0.115. The highest BCUT2D eigenvalue weighted by atomic mass is 19.1. The van der Waals surface area contributed by atoms with E-state index in [-0.39, 0.29) is 18.3 Å². The summed E-state index contributed by atoms with van der Waals surface area (Å²) in [5.74, 6) is 0.824. The molecule has 20 heavy (non-hydrogen) atoms. The van der Waals surface area contributed by atoms with Crippen LogP contribution < -0.4 is 10.6 Å². The average molecular weight is 277 g/mol. The standard InChI is InChI=1S/C14H16FN3O2/c1-2-12-7-17-14(20-12)9-16-8-13(19)18-11-5-3-10(15)4-6-11/h3-7,16H,2,8-9H2,1H3,(H,18,19). The minimum absolute atomic E-state index is 0.126. The summed E-state index contributed by atoms with van der Waals surface area (Å²) in [5.41, 5.74) is 0.558. The van der Waals surface area contributed by atoms with Crippen LogP contribution in [0.15, 0.2) is 34.9 Å². The van der Waals surface area contributed by atoms with Crippen molar-refractivity contribution in [3.63, 3.8) is 0 Å². The number of nitrogens with zero attached hydrogens (tertiary/aromatic N) is 1. The highest BCUT2D eigenvalue weighted by Crippen LogP contribution is 2.07. The van der Waals surface area contributed by atoms with Gasteiger partial charge in [0.1, 0.15) is 11.6 Å². The molecule has 2 N–H and O–H groups in total. The van der Waals surface area contributed by atoms with Gasteiger partial charge in [-0.1, -0.05) is 6.92 Å². The normalized spacial score (nSPS) is 10.5. The fraction of sp³-hybridized carbons (Fsp3) is 0.286. The van der Waals surface area contributed by atoms with Crippen molar-refractivity contribution < 1.29 is 13.6 Å². The lowest BCUT2D eigenvalue weighted by atomic mass is 10.3. The lowest BCUT2D eigenvalue weighted by Crippen LogP contribution is -2.27. The predicted molar refractivity (Wildman–Crippen MR) is 72.6 cm³/mol. The molecule has 0 spiro atoms. The lowest BCUT2D eigenvalue weighted by Gasteiger charge is -2.05. The number of nitrogens with one attached hydrogen (secondary N) is 2. The van der Waals surface area contributed by atoms with Crippen LogP contribution >= 0.6 is 0 Å². The third-order valence-electron chi connectivity index (χ3n) is 2.64. The van der Waals surface area contributed by atoms with Crippen molar-refractivity contribution in [2.45, 2.75) is 19.9 Å². The number of aromatic nitrogens is 1. The summed E-state index contributed by atoms with van der Waals surface area (Å²) in [7, 11) is 0. The fourth-order valence-electron chi connectivity index (χ4n) is 1.61. The SMILES string of the molecule is CCc1cnc(CNCC(=O)Nc2ccc(F)cc2)o1. The molecule has 106 valence electrons. The molecule has 0 fully saturated rings. The van der Waals surface area contributed by atoms with Crippen molar-refractivity contribution in [3.8, 4) is 0 Å². The van der Waals surface area contributed by atoms with Gasteiger partial charge in [0.15, 0.2) is 0 Å². The third kappa shape index (κ3) is 4.17.